The Hall–Kier alpha value is -2.15. The maximum absolute atomic E-state index is 14.2. The van der Waals surface area contributed by atoms with Gasteiger partial charge in [0.15, 0.2) is 17.3 Å². The first-order chi connectivity index (χ1) is 10.6. The Morgan fingerprint density at radius 3 is 2.45 bits per heavy atom. The summed E-state index contributed by atoms with van der Waals surface area (Å²) in [6.45, 7) is 0. The molecule has 0 amide bonds. The minimum Gasteiger partial charge on any atom is -0.493 e. The van der Waals surface area contributed by atoms with Gasteiger partial charge < -0.3 is 19.7 Å². The van der Waals surface area contributed by atoms with Crippen LogP contribution >= 0.6 is 0 Å². The quantitative estimate of drug-likeness (QED) is 0.935. The summed E-state index contributed by atoms with van der Waals surface area (Å²) < 4.78 is 29.7. The molecular formula is C15H18FN3O3. The van der Waals surface area contributed by atoms with Crippen molar-refractivity contribution in [3.63, 3.8) is 0 Å². The van der Waals surface area contributed by atoms with Crippen molar-refractivity contribution in [2.75, 3.05) is 14.2 Å². The molecule has 0 saturated heterocycles. The van der Waals surface area contributed by atoms with E-state index in [2.05, 4.69) is 10.1 Å². The van der Waals surface area contributed by atoms with Crippen LogP contribution in [0.5, 0.6) is 11.5 Å². The highest BCUT2D eigenvalue weighted by Gasteiger charge is 2.36. The number of rotatable bonds is 4. The van der Waals surface area contributed by atoms with Crippen molar-refractivity contribution in [1.29, 1.82) is 0 Å². The molecule has 0 spiro atoms. The number of methoxy groups -OCH3 is 2. The third-order valence-electron chi connectivity index (χ3n) is 4.07. The molecule has 0 radical (unpaired) electrons. The zero-order valence-corrected chi connectivity index (χ0v) is 12.6. The topological polar surface area (TPSA) is 83.4 Å². The second-order valence-corrected chi connectivity index (χ2v) is 5.47. The summed E-state index contributed by atoms with van der Waals surface area (Å²) in [6, 6.07) is 2.70. The largest absolute Gasteiger partial charge is 0.493 e. The van der Waals surface area contributed by atoms with Crippen molar-refractivity contribution in [3.8, 4) is 23.0 Å². The van der Waals surface area contributed by atoms with Crippen LogP contribution in [-0.2, 0) is 5.54 Å². The molecule has 0 bridgehead atoms. The van der Waals surface area contributed by atoms with Crippen LogP contribution in [0.15, 0.2) is 16.7 Å². The summed E-state index contributed by atoms with van der Waals surface area (Å²) in [4.78, 5) is 4.29. The van der Waals surface area contributed by atoms with E-state index in [-0.39, 0.29) is 11.5 Å². The molecule has 2 N–H and O–H groups in total. The third-order valence-corrected chi connectivity index (χ3v) is 4.07. The number of benzene rings is 1. The molecule has 3 rings (SSSR count). The van der Waals surface area contributed by atoms with E-state index in [1.54, 1.807) is 0 Å². The fourth-order valence-corrected chi connectivity index (χ4v) is 2.78. The van der Waals surface area contributed by atoms with Gasteiger partial charge in [0.1, 0.15) is 5.82 Å². The van der Waals surface area contributed by atoms with E-state index < -0.39 is 11.4 Å². The minimum atomic E-state index is -0.575. The normalized spacial score (nSPS) is 16.7. The zero-order chi connectivity index (χ0) is 15.7. The van der Waals surface area contributed by atoms with Gasteiger partial charge in [-0.1, -0.05) is 18.0 Å². The predicted molar refractivity (Wildman–Crippen MR) is 77.1 cm³/mol. The second kappa shape index (κ2) is 5.57. The number of ether oxygens (including phenoxy) is 2. The van der Waals surface area contributed by atoms with Gasteiger partial charge in [0.2, 0.25) is 0 Å². The van der Waals surface area contributed by atoms with Gasteiger partial charge in [-0.15, -0.1) is 0 Å². The molecule has 2 aromatic rings. The standard InChI is InChI=1S/C15H18FN3O3/c1-20-11-7-9(10(16)8-12(11)21-2)13-18-14(19-22-13)15(17)5-3-4-6-15/h7-8H,3-6,17H2,1-2H3. The predicted octanol–water partition coefficient (Wildman–Crippen LogP) is 2.62. The van der Waals surface area contributed by atoms with Crippen molar-refractivity contribution >= 4 is 0 Å². The van der Waals surface area contributed by atoms with Gasteiger partial charge in [0.25, 0.3) is 5.89 Å². The molecular weight excluding hydrogens is 289 g/mol. The van der Waals surface area contributed by atoms with Crippen LogP contribution in [0.4, 0.5) is 4.39 Å². The monoisotopic (exact) mass is 307 g/mol. The smallest absolute Gasteiger partial charge is 0.261 e. The second-order valence-electron chi connectivity index (χ2n) is 5.47. The van der Waals surface area contributed by atoms with Gasteiger partial charge in [-0.2, -0.15) is 4.98 Å². The zero-order valence-electron chi connectivity index (χ0n) is 12.6. The maximum Gasteiger partial charge on any atom is 0.261 e. The van der Waals surface area contributed by atoms with Crippen molar-refractivity contribution < 1.29 is 18.4 Å². The SMILES string of the molecule is COc1cc(F)c(-c2nc(C3(N)CCCC3)no2)cc1OC. The molecule has 1 saturated carbocycles. The molecule has 0 atom stereocenters. The molecule has 118 valence electrons. The Kier molecular flexibility index (Phi) is 3.74. The van der Waals surface area contributed by atoms with Gasteiger partial charge in [0.05, 0.1) is 25.3 Å². The van der Waals surface area contributed by atoms with Crippen LogP contribution < -0.4 is 15.2 Å². The summed E-state index contributed by atoms with van der Waals surface area (Å²) in [7, 11) is 2.92. The number of nitrogens with zero attached hydrogens (tertiary/aromatic N) is 2. The summed E-state index contributed by atoms with van der Waals surface area (Å²) in [5.41, 5.74) is 5.88. The number of hydrogen-bond donors (Lipinski definition) is 1. The molecule has 1 fully saturated rings. The number of halogens is 1. The Morgan fingerprint density at radius 2 is 1.82 bits per heavy atom. The van der Waals surface area contributed by atoms with Gasteiger partial charge in [0, 0.05) is 6.07 Å². The maximum atomic E-state index is 14.2. The Balaban J connectivity index is 2.00. The lowest BCUT2D eigenvalue weighted by Gasteiger charge is -2.17. The Labute approximate surface area is 127 Å². The van der Waals surface area contributed by atoms with Gasteiger partial charge in [-0.3, -0.25) is 0 Å². The molecule has 1 aliphatic rings. The molecule has 6 nitrogen and oxygen atoms in total. The number of aromatic nitrogens is 2. The molecule has 1 aromatic heterocycles. The third kappa shape index (κ3) is 2.41. The first-order valence-corrected chi connectivity index (χ1v) is 7.12. The lowest BCUT2D eigenvalue weighted by atomic mass is 9.99. The number of hydrogen-bond acceptors (Lipinski definition) is 6. The van der Waals surface area contributed by atoms with Crippen molar-refractivity contribution in [2.24, 2.45) is 5.73 Å². The van der Waals surface area contributed by atoms with Crippen molar-refractivity contribution in [1.82, 2.24) is 10.1 Å². The molecule has 22 heavy (non-hydrogen) atoms. The van der Waals surface area contributed by atoms with Crippen LogP contribution in [0.2, 0.25) is 0 Å². The van der Waals surface area contributed by atoms with E-state index in [0.717, 1.165) is 25.7 Å². The highest BCUT2D eigenvalue weighted by Crippen LogP contribution is 2.37. The molecule has 1 aromatic carbocycles. The first-order valence-electron chi connectivity index (χ1n) is 7.12. The minimum absolute atomic E-state index is 0.0881. The highest BCUT2D eigenvalue weighted by atomic mass is 19.1. The van der Waals surface area contributed by atoms with Gasteiger partial charge >= 0.3 is 0 Å². The summed E-state index contributed by atoms with van der Waals surface area (Å²) in [5, 5.41) is 3.94. The van der Waals surface area contributed by atoms with Crippen LogP contribution in [0.1, 0.15) is 31.5 Å². The van der Waals surface area contributed by atoms with E-state index in [0.29, 0.717) is 17.3 Å². The average Bonchev–Trinajstić information content (AvgIpc) is 3.17. The summed E-state index contributed by atoms with van der Waals surface area (Å²) in [5.74, 6) is 0.682. The number of nitrogens with two attached hydrogens (primary N) is 1. The van der Waals surface area contributed by atoms with Crippen LogP contribution in [0.3, 0.4) is 0 Å². The van der Waals surface area contributed by atoms with Gasteiger partial charge in [-0.05, 0) is 18.9 Å². The van der Waals surface area contributed by atoms with Crippen LogP contribution in [0.25, 0.3) is 11.5 Å². The summed E-state index contributed by atoms with van der Waals surface area (Å²) >= 11 is 0. The van der Waals surface area contributed by atoms with Crippen molar-refractivity contribution in [2.45, 2.75) is 31.2 Å². The van der Waals surface area contributed by atoms with E-state index in [9.17, 15) is 4.39 Å². The average molecular weight is 307 g/mol. The lowest BCUT2D eigenvalue weighted by molar-refractivity contribution is 0.351. The van der Waals surface area contributed by atoms with E-state index >= 15 is 0 Å². The van der Waals surface area contributed by atoms with Crippen molar-refractivity contribution in [3.05, 3.63) is 23.8 Å². The summed E-state index contributed by atoms with van der Waals surface area (Å²) in [6.07, 6.45) is 3.68. The highest BCUT2D eigenvalue weighted by molar-refractivity contribution is 5.60. The molecule has 7 heteroatoms. The van der Waals surface area contributed by atoms with E-state index in [4.69, 9.17) is 19.7 Å². The van der Waals surface area contributed by atoms with Crippen LogP contribution in [-0.4, -0.2) is 24.4 Å². The molecule has 1 aliphatic carbocycles. The molecule has 0 aliphatic heterocycles. The molecule has 0 unspecified atom stereocenters. The fourth-order valence-electron chi connectivity index (χ4n) is 2.78. The lowest BCUT2D eigenvalue weighted by Crippen LogP contribution is -2.34. The fraction of sp³-hybridized carbons (Fsp3) is 0.467. The first kappa shape index (κ1) is 14.8. The Morgan fingerprint density at radius 1 is 1.18 bits per heavy atom. The molecule has 1 heterocycles. The van der Waals surface area contributed by atoms with Gasteiger partial charge in [-0.25, -0.2) is 4.39 Å². The van der Waals surface area contributed by atoms with E-state index in [1.807, 2.05) is 0 Å². The Bertz CT molecular complexity index is 681. The van der Waals surface area contributed by atoms with Crippen LogP contribution in [0, 0.1) is 5.82 Å². The van der Waals surface area contributed by atoms with E-state index in [1.165, 1.54) is 26.4 Å².